The summed E-state index contributed by atoms with van der Waals surface area (Å²) in [5.74, 6) is -3.74. The SMILES string of the molecule is C[Si](C)(C)CCOCn1cnc2c(Nc3c(F)cccc3F)nc(-c3ccccc3F)nc21.C[Si](C)(C)CCOCn1cnc2c(Nc3c(F)cccc3F)nc(I)nc21.OB(O)c1ccccc1F. The number of para-hydroxylation sites is 2. The van der Waals surface area contributed by atoms with Crippen LogP contribution in [0.4, 0.5) is 49.4 Å². The van der Waals surface area contributed by atoms with E-state index in [4.69, 9.17) is 19.5 Å². The van der Waals surface area contributed by atoms with Crippen LogP contribution in [0.15, 0.2) is 97.6 Å². The summed E-state index contributed by atoms with van der Waals surface area (Å²) in [6, 6.07) is 20.8. The normalized spacial score (nSPS) is 11.5. The van der Waals surface area contributed by atoms with Crippen LogP contribution in [0.3, 0.4) is 0 Å². The molecule has 4 aromatic heterocycles. The molecule has 8 rings (SSSR count). The zero-order valence-corrected chi connectivity index (χ0v) is 43.1. The summed E-state index contributed by atoms with van der Waals surface area (Å²) in [6.45, 7) is 15.4. The van der Waals surface area contributed by atoms with Crippen molar-refractivity contribution < 1.29 is 45.9 Å². The lowest BCUT2D eigenvalue weighted by Crippen LogP contribution is -2.32. The Morgan fingerprint density at radius 2 is 0.986 bits per heavy atom. The van der Waals surface area contributed by atoms with Crippen LogP contribution in [-0.2, 0) is 22.9 Å². The van der Waals surface area contributed by atoms with Gasteiger partial charge in [-0.1, -0.05) is 81.7 Å². The van der Waals surface area contributed by atoms with E-state index in [1.54, 1.807) is 27.6 Å². The number of halogens is 7. The van der Waals surface area contributed by atoms with E-state index in [1.165, 1.54) is 67.0 Å². The lowest BCUT2D eigenvalue weighted by molar-refractivity contribution is 0.0894. The molecular weight excluding hydrogens is 1060 g/mol. The second-order valence-electron chi connectivity index (χ2n) is 18.0. The molecule has 24 heteroatoms. The number of hydrogen-bond donors (Lipinski definition) is 4. The lowest BCUT2D eigenvalue weighted by atomic mass is 9.80. The molecule has 0 radical (unpaired) electrons. The molecule has 0 atom stereocenters. The number of ether oxygens (including phenoxy) is 2. The van der Waals surface area contributed by atoms with Crippen molar-refractivity contribution in [2.24, 2.45) is 0 Å². The van der Waals surface area contributed by atoms with E-state index in [-0.39, 0.29) is 52.1 Å². The monoisotopic (exact) mass is 1110 g/mol. The molecule has 8 aromatic rings. The Bertz CT molecular complexity index is 3010. The number of hydrogen-bond acceptors (Lipinski definition) is 12. The van der Waals surface area contributed by atoms with Crippen LogP contribution in [-0.4, -0.2) is 85.6 Å². The summed E-state index contributed by atoms with van der Waals surface area (Å²) in [5.41, 5.74) is 1.02. The first-order valence-corrected chi connectivity index (χ1v) is 30.2. The van der Waals surface area contributed by atoms with Gasteiger partial charge in [-0.3, -0.25) is 9.13 Å². The Morgan fingerprint density at radius 1 is 0.557 bits per heavy atom. The molecule has 0 aliphatic rings. The summed E-state index contributed by atoms with van der Waals surface area (Å²) in [4.78, 5) is 26.1. The molecule has 4 aromatic carbocycles. The molecule has 0 amide bonds. The van der Waals surface area contributed by atoms with Crippen LogP contribution in [0.5, 0.6) is 0 Å². The first-order valence-electron chi connectivity index (χ1n) is 21.7. The van der Waals surface area contributed by atoms with Gasteiger partial charge >= 0.3 is 7.12 Å². The van der Waals surface area contributed by atoms with Crippen LogP contribution < -0.4 is 16.1 Å². The third-order valence-corrected chi connectivity index (χ3v) is 14.0. The Balaban J connectivity index is 0.000000194. The first kappa shape index (κ1) is 53.6. The molecule has 0 saturated heterocycles. The zero-order valence-electron chi connectivity index (χ0n) is 39.0. The van der Waals surface area contributed by atoms with Crippen LogP contribution in [0.25, 0.3) is 33.7 Å². The van der Waals surface area contributed by atoms with Gasteiger partial charge < -0.3 is 30.2 Å². The average molecular weight is 1110 g/mol. The minimum absolute atomic E-state index is 0.0584. The van der Waals surface area contributed by atoms with Crippen LogP contribution >= 0.6 is 22.6 Å². The van der Waals surface area contributed by atoms with E-state index in [0.29, 0.717) is 40.6 Å². The molecule has 0 aliphatic heterocycles. The molecule has 0 unspecified atom stereocenters. The number of imidazole rings is 2. The number of rotatable bonds is 16. The van der Waals surface area contributed by atoms with Crippen LogP contribution in [0, 0.1) is 38.7 Å². The Labute approximate surface area is 415 Å². The molecule has 0 spiro atoms. The largest absolute Gasteiger partial charge is 0.491 e. The van der Waals surface area contributed by atoms with Gasteiger partial charge in [0.2, 0.25) is 0 Å². The second-order valence-corrected chi connectivity index (χ2v) is 30.2. The average Bonchev–Trinajstić information content (AvgIpc) is 3.90. The van der Waals surface area contributed by atoms with E-state index in [0.717, 1.165) is 24.2 Å². The summed E-state index contributed by atoms with van der Waals surface area (Å²) in [6.07, 6.45) is 3.11. The third-order valence-electron chi connectivity index (χ3n) is 10.1. The fourth-order valence-electron chi connectivity index (χ4n) is 6.23. The predicted octanol–water partition coefficient (Wildman–Crippen LogP) is 10.2. The standard InChI is InChI=1S/C23H24F3N5OSi.C17H20F2IN5OSi.C6H6BFO2/c1-33(2,3)12-11-32-14-31-13-27-20-22(28-19-17(25)9-6-10-18(19)26)29-21(30-23(20)31)15-7-4-5-8-16(15)24;1-27(2,3)8-7-26-10-25-9-21-14-15(23-17(20)24-16(14)25)22-13-11(18)5-4-6-12(13)19;8-6-4-2-1-3-5(6)7(9)10/h4-10,13H,11-12,14H2,1-3H3,(H,28,29,30);4-6,9H,7-8,10H2,1-3H3,(H,22,23,24);1-4,9-10H. The van der Waals surface area contributed by atoms with Crippen LogP contribution in [0.1, 0.15) is 0 Å². The highest BCUT2D eigenvalue weighted by Gasteiger charge is 2.21. The first-order chi connectivity index (χ1) is 33.2. The molecular formula is C46H50BF6IN10O4Si2. The molecule has 368 valence electrons. The van der Waals surface area contributed by atoms with Gasteiger partial charge in [0.25, 0.3) is 0 Å². The van der Waals surface area contributed by atoms with Gasteiger partial charge in [-0.25, -0.2) is 56.2 Å². The van der Waals surface area contributed by atoms with Gasteiger partial charge in [0.1, 0.15) is 59.7 Å². The van der Waals surface area contributed by atoms with Gasteiger partial charge in [-0.15, -0.1) is 0 Å². The smallest absolute Gasteiger partial charge is 0.423 e. The highest BCUT2D eigenvalue weighted by atomic mass is 127. The molecule has 0 bridgehead atoms. The van der Waals surface area contributed by atoms with Gasteiger partial charge in [-0.05, 0) is 54.6 Å². The van der Waals surface area contributed by atoms with Crippen molar-refractivity contribution in [3.8, 4) is 11.4 Å². The fraction of sp³-hybridized carbons (Fsp3) is 0.261. The number of aromatic nitrogens is 8. The number of nitrogens with one attached hydrogen (secondary N) is 2. The summed E-state index contributed by atoms with van der Waals surface area (Å²) < 4.78 is 98.9. The highest BCUT2D eigenvalue weighted by Crippen LogP contribution is 2.31. The van der Waals surface area contributed by atoms with Gasteiger partial charge in [0, 0.05) is 57.4 Å². The van der Waals surface area contributed by atoms with E-state index >= 15 is 0 Å². The number of benzene rings is 4. The van der Waals surface area contributed by atoms with E-state index in [2.05, 4.69) is 79.8 Å². The third kappa shape index (κ3) is 14.6. The lowest BCUT2D eigenvalue weighted by Gasteiger charge is -2.15. The van der Waals surface area contributed by atoms with E-state index in [1.807, 2.05) is 22.6 Å². The maximum absolute atomic E-state index is 14.5. The molecule has 0 aliphatic carbocycles. The minimum Gasteiger partial charge on any atom is -0.423 e. The summed E-state index contributed by atoms with van der Waals surface area (Å²) >= 11 is 1.96. The number of nitrogens with zero attached hydrogens (tertiary/aromatic N) is 8. The van der Waals surface area contributed by atoms with E-state index < -0.39 is 58.2 Å². The van der Waals surface area contributed by atoms with Crippen LogP contribution in [0.2, 0.25) is 51.4 Å². The number of fused-ring (bicyclic) bond motifs is 2. The maximum Gasteiger partial charge on any atom is 0.491 e. The van der Waals surface area contributed by atoms with Crippen molar-refractivity contribution in [3.05, 3.63) is 136 Å². The second kappa shape index (κ2) is 23.9. The van der Waals surface area contributed by atoms with Crippen molar-refractivity contribution in [2.75, 3.05) is 23.8 Å². The van der Waals surface area contributed by atoms with E-state index in [9.17, 15) is 26.3 Å². The van der Waals surface area contributed by atoms with Crippen molar-refractivity contribution in [1.29, 1.82) is 0 Å². The molecule has 0 fully saturated rings. The predicted molar refractivity (Wildman–Crippen MR) is 272 cm³/mol. The number of anilines is 4. The molecule has 14 nitrogen and oxygen atoms in total. The van der Waals surface area contributed by atoms with Crippen molar-refractivity contribution in [3.63, 3.8) is 0 Å². The topological polar surface area (TPSA) is 170 Å². The Morgan fingerprint density at radius 3 is 1.43 bits per heavy atom. The Hall–Kier alpha value is -5.77. The quantitative estimate of drug-likeness (QED) is 0.0238. The highest BCUT2D eigenvalue weighted by molar-refractivity contribution is 14.1. The van der Waals surface area contributed by atoms with Gasteiger partial charge in [0.15, 0.2) is 43.6 Å². The fourth-order valence-corrected chi connectivity index (χ4v) is 8.21. The molecule has 0 saturated carbocycles. The summed E-state index contributed by atoms with van der Waals surface area (Å²) in [5, 5.41) is 22.4. The Kier molecular flexibility index (Phi) is 18.3. The van der Waals surface area contributed by atoms with Gasteiger partial charge in [-0.2, -0.15) is 0 Å². The minimum atomic E-state index is -1.72. The van der Waals surface area contributed by atoms with Crippen molar-refractivity contribution in [2.45, 2.75) is 64.8 Å². The molecule has 4 N–H and O–H groups in total. The van der Waals surface area contributed by atoms with Crippen molar-refractivity contribution >= 4 is 96.7 Å². The molecule has 4 heterocycles. The van der Waals surface area contributed by atoms with Gasteiger partial charge in [0.05, 0.1) is 18.2 Å². The zero-order chi connectivity index (χ0) is 50.8. The molecule has 70 heavy (non-hydrogen) atoms. The maximum atomic E-state index is 14.5. The summed E-state index contributed by atoms with van der Waals surface area (Å²) in [7, 11) is -4.14. The van der Waals surface area contributed by atoms with Crippen molar-refractivity contribution in [1.82, 2.24) is 39.0 Å².